The molecule has 35 heavy (non-hydrogen) atoms. The molecule has 0 unspecified atom stereocenters. The Hall–Kier alpha value is -4.12. The number of nitrogens with one attached hydrogen (secondary N) is 1. The number of ether oxygens (including phenoxy) is 2. The first kappa shape index (κ1) is 24.0. The molecule has 4 aromatic carbocycles. The smallest absolute Gasteiger partial charge is 0.306 e. The molecular formula is C30H29NO4. The normalized spacial score (nSPS) is 11.6. The van der Waals surface area contributed by atoms with Crippen molar-refractivity contribution in [3.8, 4) is 11.5 Å². The fraction of sp³-hybridized carbons (Fsp3) is 0.200. The summed E-state index contributed by atoms with van der Waals surface area (Å²) in [6.45, 7) is 4.09. The minimum Gasteiger partial charge on any atom is -0.466 e. The Morgan fingerprint density at radius 3 is 2.40 bits per heavy atom. The van der Waals surface area contributed by atoms with Crippen molar-refractivity contribution in [1.29, 1.82) is 0 Å². The lowest BCUT2D eigenvalue weighted by atomic mass is 9.98. The van der Waals surface area contributed by atoms with Gasteiger partial charge in [-0.15, -0.1) is 0 Å². The second kappa shape index (κ2) is 11.3. The number of hydrogen-bond acceptors (Lipinski definition) is 4. The van der Waals surface area contributed by atoms with Gasteiger partial charge in [0.15, 0.2) is 0 Å². The molecule has 4 aromatic rings. The number of carbonyl (C=O) groups is 2. The molecule has 1 amide bonds. The van der Waals surface area contributed by atoms with Crippen LogP contribution in [0.25, 0.3) is 10.8 Å². The first-order valence-electron chi connectivity index (χ1n) is 11.8. The van der Waals surface area contributed by atoms with Crippen LogP contribution in [-0.4, -0.2) is 18.5 Å². The summed E-state index contributed by atoms with van der Waals surface area (Å²) in [5.74, 6) is 0.733. The average molecular weight is 468 g/mol. The molecule has 0 fully saturated rings. The second-order valence-corrected chi connectivity index (χ2v) is 8.30. The molecule has 0 heterocycles. The molecule has 5 nitrogen and oxygen atoms in total. The zero-order valence-electron chi connectivity index (χ0n) is 20.0. The number of hydrogen-bond donors (Lipinski definition) is 1. The zero-order chi connectivity index (χ0) is 24.6. The molecule has 178 valence electrons. The van der Waals surface area contributed by atoms with Gasteiger partial charge in [0, 0.05) is 12.0 Å². The van der Waals surface area contributed by atoms with Crippen molar-refractivity contribution in [3.05, 3.63) is 108 Å². The number of amides is 1. The van der Waals surface area contributed by atoms with Gasteiger partial charge in [0.2, 0.25) is 0 Å². The van der Waals surface area contributed by atoms with Crippen molar-refractivity contribution >= 4 is 22.6 Å². The predicted octanol–water partition coefficient (Wildman–Crippen LogP) is 6.62. The summed E-state index contributed by atoms with van der Waals surface area (Å²) in [6, 6.07) is 28.8. The molecule has 0 aliphatic heterocycles. The zero-order valence-corrected chi connectivity index (χ0v) is 20.0. The van der Waals surface area contributed by atoms with E-state index in [9.17, 15) is 9.59 Å². The number of rotatable bonds is 9. The van der Waals surface area contributed by atoms with Gasteiger partial charge in [0.1, 0.15) is 11.5 Å². The third kappa shape index (κ3) is 6.07. The lowest BCUT2D eigenvalue weighted by Gasteiger charge is -2.18. The topological polar surface area (TPSA) is 64.6 Å². The number of aryl methyl sites for hydroxylation is 1. The summed E-state index contributed by atoms with van der Waals surface area (Å²) in [5, 5.41) is 5.37. The maximum Gasteiger partial charge on any atom is 0.306 e. The highest BCUT2D eigenvalue weighted by molar-refractivity contribution is 5.97. The van der Waals surface area contributed by atoms with Gasteiger partial charge in [-0.3, -0.25) is 9.59 Å². The van der Waals surface area contributed by atoms with Crippen LogP contribution in [0.3, 0.4) is 0 Å². The highest BCUT2D eigenvalue weighted by atomic mass is 16.5. The van der Waals surface area contributed by atoms with Gasteiger partial charge < -0.3 is 14.8 Å². The minimum atomic E-state index is -0.285. The molecule has 0 saturated carbocycles. The van der Waals surface area contributed by atoms with Crippen molar-refractivity contribution in [3.63, 3.8) is 0 Å². The van der Waals surface area contributed by atoms with Crippen molar-refractivity contribution in [2.24, 2.45) is 0 Å². The summed E-state index contributed by atoms with van der Waals surface area (Å²) in [7, 11) is 0. The molecule has 0 bridgehead atoms. The SMILES string of the molecule is CCOC(=O)CCc1ccc(Oc2ccccc2)cc1C(=O)N[C@H](C)c1cccc2ccccc12. The van der Waals surface area contributed by atoms with E-state index < -0.39 is 0 Å². The van der Waals surface area contributed by atoms with Crippen LogP contribution < -0.4 is 10.1 Å². The lowest BCUT2D eigenvalue weighted by Crippen LogP contribution is -2.28. The molecule has 0 aliphatic carbocycles. The molecule has 1 atom stereocenters. The van der Waals surface area contributed by atoms with E-state index in [2.05, 4.69) is 23.5 Å². The Morgan fingerprint density at radius 1 is 0.857 bits per heavy atom. The molecule has 0 saturated heterocycles. The van der Waals surface area contributed by atoms with Crippen LogP contribution in [-0.2, 0) is 16.0 Å². The molecule has 0 aliphatic rings. The van der Waals surface area contributed by atoms with Crippen molar-refractivity contribution in [2.75, 3.05) is 6.61 Å². The summed E-state index contributed by atoms with van der Waals surface area (Å²) < 4.78 is 11.0. The monoisotopic (exact) mass is 467 g/mol. The minimum absolute atomic E-state index is 0.200. The molecule has 0 spiro atoms. The summed E-state index contributed by atoms with van der Waals surface area (Å²) in [5.41, 5.74) is 2.29. The number of esters is 1. The van der Waals surface area contributed by atoms with Gasteiger partial charge in [-0.25, -0.2) is 0 Å². The van der Waals surface area contributed by atoms with E-state index in [-0.39, 0.29) is 24.3 Å². The van der Waals surface area contributed by atoms with Crippen LogP contribution >= 0.6 is 0 Å². The van der Waals surface area contributed by atoms with Crippen LogP contribution in [0.2, 0.25) is 0 Å². The van der Waals surface area contributed by atoms with Crippen molar-refractivity contribution in [1.82, 2.24) is 5.32 Å². The van der Waals surface area contributed by atoms with Gasteiger partial charge in [0.05, 0.1) is 12.6 Å². The highest BCUT2D eigenvalue weighted by Gasteiger charge is 2.18. The maximum absolute atomic E-state index is 13.5. The fourth-order valence-electron chi connectivity index (χ4n) is 4.12. The summed E-state index contributed by atoms with van der Waals surface area (Å²) in [4.78, 5) is 25.4. The standard InChI is InChI=1S/C30H29NO4/c1-3-34-29(32)19-17-23-16-18-25(35-24-12-5-4-6-13-24)20-28(23)30(33)31-21(2)26-15-9-11-22-10-7-8-14-27(22)26/h4-16,18,20-21H,3,17,19H2,1-2H3,(H,31,33)/t21-/m1/s1. The molecule has 1 N–H and O–H groups in total. The summed E-state index contributed by atoms with van der Waals surface area (Å²) >= 11 is 0. The third-order valence-electron chi connectivity index (χ3n) is 5.85. The molecular weight excluding hydrogens is 438 g/mol. The third-order valence-corrected chi connectivity index (χ3v) is 5.85. The fourth-order valence-corrected chi connectivity index (χ4v) is 4.12. The lowest BCUT2D eigenvalue weighted by molar-refractivity contribution is -0.143. The van der Waals surface area contributed by atoms with Gasteiger partial charge in [-0.05, 0) is 66.4 Å². The Balaban J connectivity index is 1.60. The van der Waals surface area contributed by atoms with Crippen LogP contribution in [0.5, 0.6) is 11.5 Å². The first-order valence-corrected chi connectivity index (χ1v) is 11.8. The maximum atomic E-state index is 13.5. The van der Waals surface area contributed by atoms with Crippen molar-refractivity contribution in [2.45, 2.75) is 32.7 Å². The van der Waals surface area contributed by atoms with E-state index >= 15 is 0 Å². The molecule has 0 aromatic heterocycles. The van der Waals surface area contributed by atoms with Gasteiger partial charge in [-0.2, -0.15) is 0 Å². The number of carbonyl (C=O) groups excluding carboxylic acids is 2. The average Bonchev–Trinajstić information content (AvgIpc) is 2.88. The number of fused-ring (bicyclic) bond motifs is 1. The molecule has 4 rings (SSSR count). The Bertz CT molecular complexity index is 1310. The van der Waals surface area contributed by atoms with Crippen LogP contribution in [0.4, 0.5) is 0 Å². The van der Waals surface area contributed by atoms with Gasteiger partial charge in [0.25, 0.3) is 5.91 Å². The van der Waals surface area contributed by atoms with Gasteiger partial charge >= 0.3 is 5.97 Å². The number of para-hydroxylation sites is 1. The Labute approximate surface area is 205 Å². The van der Waals surface area contributed by atoms with Crippen LogP contribution in [0, 0.1) is 0 Å². The molecule has 5 heteroatoms. The quantitative estimate of drug-likeness (QED) is 0.281. The Morgan fingerprint density at radius 2 is 1.60 bits per heavy atom. The van der Waals surface area contributed by atoms with Crippen LogP contribution in [0.15, 0.2) is 91.0 Å². The van der Waals surface area contributed by atoms with Crippen molar-refractivity contribution < 1.29 is 19.1 Å². The van der Waals surface area contributed by atoms with E-state index in [0.29, 0.717) is 30.1 Å². The molecule has 0 radical (unpaired) electrons. The highest BCUT2D eigenvalue weighted by Crippen LogP contribution is 2.27. The van der Waals surface area contributed by atoms with E-state index in [1.807, 2.05) is 73.7 Å². The van der Waals surface area contributed by atoms with E-state index in [4.69, 9.17) is 9.47 Å². The second-order valence-electron chi connectivity index (χ2n) is 8.30. The first-order chi connectivity index (χ1) is 17.0. The summed E-state index contributed by atoms with van der Waals surface area (Å²) in [6.07, 6.45) is 0.599. The number of benzene rings is 4. The van der Waals surface area contributed by atoms with E-state index in [1.54, 1.807) is 13.0 Å². The Kier molecular flexibility index (Phi) is 7.78. The largest absolute Gasteiger partial charge is 0.466 e. The van der Waals surface area contributed by atoms with Crippen LogP contribution in [0.1, 0.15) is 47.8 Å². The van der Waals surface area contributed by atoms with E-state index in [1.165, 1.54) is 0 Å². The predicted molar refractivity (Wildman–Crippen MR) is 138 cm³/mol. The van der Waals surface area contributed by atoms with E-state index in [0.717, 1.165) is 21.9 Å². The van der Waals surface area contributed by atoms with Gasteiger partial charge in [-0.1, -0.05) is 66.7 Å².